The Labute approximate surface area is 154 Å². The summed E-state index contributed by atoms with van der Waals surface area (Å²) in [4.78, 5) is 28.5. The van der Waals surface area contributed by atoms with Crippen LogP contribution in [0.2, 0.25) is 0 Å². The van der Waals surface area contributed by atoms with Crippen LogP contribution in [0.5, 0.6) is 0 Å². The maximum atomic E-state index is 12.2. The summed E-state index contributed by atoms with van der Waals surface area (Å²) in [5.74, 6) is 0.0944. The van der Waals surface area contributed by atoms with Gasteiger partial charge in [-0.15, -0.1) is 0 Å². The highest BCUT2D eigenvalue weighted by Gasteiger charge is 2.30. The lowest BCUT2D eigenvalue weighted by Crippen LogP contribution is -2.42. The lowest BCUT2D eigenvalue weighted by Gasteiger charge is -2.28. The second-order valence-corrected chi connectivity index (χ2v) is 6.96. The molecule has 2 saturated heterocycles. The van der Waals surface area contributed by atoms with Crippen LogP contribution in [0.1, 0.15) is 18.4 Å². The lowest BCUT2D eigenvalue weighted by molar-refractivity contribution is -0.128. The second kappa shape index (κ2) is 9.00. The summed E-state index contributed by atoms with van der Waals surface area (Å²) < 4.78 is 5.34. The number of nitrogens with two attached hydrogens (primary N) is 1. The lowest BCUT2D eigenvalue weighted by atomic mass is 10.1. The highest BCUT2D eigenvalue weighted by Crippen LogP contribution is 2.14. The zero-order valence-electron chi connectivity index (χ0n) is 15.2. The number of carbonyl (C=O) groups is 2. The molecule has 7 nitrogen and oxygen atoms in total. The van der Waals surface area contributed by atoms with Crippen molar-refractivity contribution < 1.29 is 14.3 Å². The van der Waals surface area contributed by atoms with Crippen molar-refractivity contribution >= 4 is 17.5 Å². The first-order valence-electron chi connectivity index (χ1n) is 9.32. The number of nitrogens with zero attached hydrogens (tertiary/aromatic N) is 2. The first-order chi connectivity index (χ1) is 12.6. The molecule has 0 spiro atoms. The first kappa shape index (κ1) is 18.7. The van der Waals surface area contributed by atoms with Crippen LogP contribution in [0, 0.1) is 0 Å². The monoisotopic (exact) mass is 360 g/mol. The van der Waals surface area contributed by atoms with Crippen molar-refractivity contribution in [1.82, 2.24) is 15.1 Å². The third-order valence-electron chi connectivity index (χ3n) is 5.05. The average molecular weight is 360 g/mol. The topological polar surface area (TPSA) is 87.9 Å². The van der Waals surface area contributed by atoms with E-state index in [-0.39, 0.29) is 17.9 Å². The number of ether oxygens (including phenoxy) is 1. The van der Waals surface area contributed by atoms with Crippen molar-refractivity contribution in [1.29, 1.82) is 0 Å². The van der Waals surface area contributed by atoms with Crippen molar-refractivity contribution in [3.8, 4) is 0 Å². The van der Waals surface area contributed by atoms with Gasteiger partial charge in [0.1, 0.15) is 0 Å². The minimum Gasteiger partial charge on any atom is -0.399 e. The molecule has 2 aliphatic heterocycles. The van der Waals surface area contributed by atoms with E-state index in [2.05, 4.69) is 10.2 Å². The molecule has 1 atom stereocenters. The summed E-state index contributed by atoms with van der Waals surface area (Å²) >= 11 is 0. The molecule has 2 amide bonds. The van der Waals surface area contributed by atoms with E-state index < -0.39 is 0 Å². The van der Waals surface area contributed by atoms with Gasteiger partial charge >= 0.3 is 0 Å². The summed E-state index contributed by atoms with van der Waals surface area (Å²) in [6.45, 7) is 5.55. The molecular weight excluding hydrogens is 332 g/mol. The van der Waals surface area contributed by atoms with E-state index in [0.29, 0.717) is 38.0 Å². The van der Waals surface area contributed by atoms with E-state index in [0.717, 1.165) is 38.4 Å². The van der Waals surface area contributed by atoms with Gasteiger partial charge in [-0.3, -0.25) is 14.5 Å². The summed E-state index contributed by atoms with van der Waals surface area (Å²) in [5.41, 5.74) is 7.60. The van der Waals surface area contributed by atoms with Crippen LogP contribution in [-0.2, 0) is 20.7 Å². The van der Waals surface area contributed by atoms with Gasteiger partial charge in [0.2, 0.25) is 11.8 Å². The largest absolute Gasteiger partial charge is 0.399 e. The molecule has 1 unspecified atom stereocenters. The average Bonchev–Trinajstić information content (AvgIpc) is 2.99. The molecule has 7 heteroatoms. The Hall–Kier alpha value is -2.12. The highest BCUT2D eigenvalue weighted by molar-refractivity contribution is 5.82. The van der Waals surface area contributed by atoms with Crippen LogP contribution in [0.15, 0.2) is 24.3 Å². The second-order valence-electron chi connectivity index (χ2n) is 6.96. The van der Waals surface area contributed by atoms with Crippen LogP contribution >= 0.6 is 0 Å². The SMILES string of the molecule is Nc1ccccc1CCC(=O)NC1CC(=O)N(CCN2CCOCC2)C1. The van der Waals surface area contributed by atoms with Crippen LogP contribution in [-0.4, -0.2) is 73.6 Å². The summed E-state index contributed by atoms with van der Waals surface area (Å²) in [6, 6.07) is 7.50. The van der Waals surface area contributed by atoms with Gasteiger partial charge in [-0.2, -0.15) is 0 Å². The van der Waals surface area contributed by atoms with Crippen LogP contribution in [0.4, 0.5) is 5.69 Å². The van der Waals surface area contributed by atoms with Gasteiger partial charge in [0.15, 0.2) is 0 Å². The molecule has 142 valence electrons. The predicted molar refractivity (Wildman–Crippen MR) is 99.6 cm³/mol. The van der Waals surface area contributed by atoms with E-state index >= 15 is 0 Å². The fourth-order valence-corrected chi connectivity index (χ4v) is 3.48. The minimum absolute atomic E-state index is 0.0268. The van der Waals surface area contributed by atoms with Crippen LogP contribution < -0.4 is 11.1 Å². The number of anilines is 1. The van der Waals surface area contributed by atoms with Crippen molar-refractivity contribution in [2.45, 2.75) is 25.3 Å². The van der Waals surface area contributed by atoms with E-state index in [1.54, 1.807) is 0 Å². The first-order valence-corrected chi connectivity index (χ1v) is 9.32. The van der Waals surface area contributed by atoms with Crippen LogP contribution in [0.3, 0.4) is 0 Å². The standard InChI is InChI=1S/C19H28N4O3/c20-17-4-2-1-3-15(17)5-6-18(24)21-16-13-19(25)23(14-16)8-7-22-9-11-26-12-10-22/h1-4,16H,5-14,20H2,(H,21,24). The predicted octanol–water partition coefficient (Wildman–Crippen LogP) is 0.251. The quantitative estimate of drug-likeness (QED) is 0.681. The molecule has 3 N–H and O–H groups in total. The van der Waals surface area contributed by atoms with Gasteiger partial charge in [-0.05, 0) is 18.1 Å². The number of benzene rings is 1. The number of aryl methyl sites for hydroxylation is 1. The van der Waals surface area contributed by atoms with Gasteiger partial charge in [-0.25, -0.2) is 0 Å². The van der Waals surface area contributed by atoms with Crippen molar-refractivity contribution in [2.24, 2.45) is 0 Å². The molecule has 2 heterocycles. The van der Waals surface area contributed by atoms with Gasteiger partial charge in [0.05, 0.1) is 19.3 Å². The summed E-state index contributed by atoms with van der Waals surface area (Å²) in [5, 5.41) is 2.99. The van der Waals surface area contributed by atoms with E-state index in [1.165, 1.54) is 0 Å². The number of likely N-dealkylation sites (tertiary alicyclic amines) is 1. The number of nitrogen functional groups attached to an aromatic ring is 1. The molecule has 1 aromatic rings. The molecule has 1 aromatic carbocycles. The Morgan fingerprint density at radius 3 is 2.77 bits per heavy atom. The van der Waals surface area contributed by atoms with Crippen molar-refractivity contribution in [3.63, 3.8) is 0 Å². The Morgan fingerprint density at radius 2 is 2.00 bits per heavy atom. The molecule has 0 radical (unpaired) electrons. The van der Waals surface area contributed by atoms with Gasteiger partial charge < -0.3 is 20.7 Å². The Balaban J connectivity index is 1.39. The normalized spacial score (nSPS) is 21.2. The van der Waals surface area contributed by atoms with Gasteiger partial charge in [-0.1, -0.05) is 18.2 Å². The fraction of sp³-hybridized carbons (Fsp3) is 0.579. The fourth-order valence-electron chi connectivity index (χ4n) is 3.48. The van der Waals surface area contributed by atoms with E-state index in [1.807, 2.05) is 29.2 Å². The number of hydrogen-bond acceptors (Lipinski definition) is 5. The zero-order chi connectivity index (χ0) is 18.4. The number of nitrogens with one attached hydrogen (secondary N) is 1. The molecule has 0 bridgehead atoms. The van der Waals surface area contributed by atoms with E-state index in [9.17, 15) is 9.59 Å². The molecule has 2 aliphatic rings. The number of carbonyl (C=O) groups excluding carboxylic acids is 2. The number of para-hydroxylation sites is 1. The Morgan fingerprint density at radius 1 is 1.23 bits per heavy atom. The molecule has 26 heavy (non-hydrogen) atoms. The minimum atomic E-state index is -0.0900. The number of rotatable bonds is 7. The number of morpholine rings is 1. The molecular formula is C19H28N4O3. The van der Waals surface area contributed by atoms with Gasteiger partial charge in [0.25, 0.3) is 0 Å². The van der Waals surface area contributed by atoms with Crippen LogP contribution in [0.25, 0.3) is 0 Å². The Bertz CT molecular complexity index is 631. The van der Waals surface area contributed by atoms with Crippen molar-refractivity contribution in [3.05, 3.63) is 29.8 Å². The smallest absolute Gasteiger partial charge is 0.224 e. The molecule has 3 rings (SSSR count). The Kier molecular flexibility index (Phi) is 6.46. The third kappa shape index (κ3) is 5.19. The number of hydrogen-bond donors (Lipinski definition) is 2. The summed E-state index contributed by atoms with van der Waals surface area (Å²) in [6.07, 6.45) is 1.38. The molecule has 0 saturated carbocycles. The number of amides is 2. The zero-order valence-corrected chi connectivity index (χ0v) is 15.2. The van der Waals surface area contributed by atoms with E-state index in [4.69, 9.17) is 10.5 Å². The third-order valence-corrected chi connectivity index (χ3v) is 5.05. The van der Waals surface area contributed by atoms with Gasteiger partial charge in [0, 0.05) is 51.3 Å². The maximum absolute atomic E-state index is 12.2. The molecule has 2 fully saturated rings. The maximum Gasteiger partial charge on any atom is 0.224 e. The summed E-state index contributed by atoms with van der Waals surface area (Å²) in [7, 11) is 0. The highest BCUT2D eigenvalue weighted by atomic mass is 16.5. The molecule has 0 aromatic heterocycles. The van der Waals surface area contributed by atoms with Crippen molar-refractivity contribution in [2.75, 3.05) is 51.7 Å². The molecule has 0 aliphatic carbocycles.